The van der Waals surface area contributed by atoms with Crippen LogP contribution in [0.1, 0.15) is 29.3 Å². The predicted octanol–water partition coefficient (Wildman–Crippen LogP) is 1.71. The quantitative estimate of drug-likeness (QED) is 0.632. The summed E-state index contributed by atoms with van der Waals surface area (Å²) in [5, 5.41) is 12.1. The largest absolute Gasteiger partial charge is 0.394 e. The number of carbonyl (C=O) groups excluding carboxylic acids is 1. The first-order valence-electron chi connectivity index (χ1n) is 7.25. The lowest BCUT2D eigenvalue weighted by atomic mass is 10.1. The second-order valence-electron chi connectivity index (χ2n) is 5.45. The van der Waals surface area contributed by atoms with Gasteiger partial charge in [-0.15, -0.1) is 0 Å². The first-order chi connectivity index (χ1) is 10.5. The average molecular weight is 300 g/mol. The number of quaternary nitrogens is 1. The molecule has 1 amide bonds. The fourth-order valence-electron chi connectivity index (χ4n) is 2.07. The molecule has 5 nitrogen and oxygen atoms in total. The second-order valence-corrected chi connectivity index (χ2v) is 5.45. The van der Waals surface area contributed by atoms with E-state index in [9.17, 15) is 9.90 Å². The maximum atomic E-state index is 12.2. The van der Waals surface area contributed by atoms with Crippen molar-refractivity contribution >= 4 is 23.0 Å². The van der Waals surface area contributed by atoms with Crippen molar-refractivity contribution in [1.82, 2.24) is 0 Å². The highest BCUT2D eigenvalue weighted by atomic mass is 16.3. The normalized spacial score (nSPS) is 12.0. The Bertz CT molecular complexity index is 651. The summed E-state index contributed by atoms with van der Waals surface area (Å²) in [6, 6.07) is 12.7. The van der Waals surface area contributed by atoms with Gasteiger partial charge >= 0.3 is 0 Å². The Kier molecular flexibility index (Phi) is 5.14. The summed E-state index contributed by atoms with van der Waals surface area (Å²) < 4.78 is 0. The molecule has 0 fully saturated rings. The number of aryl methyl sites for hydroxylation is 1. The van der Waals surface area contributed by atoms with Crippen LogP contribution in [0.2, 0.25) is 0 Å². The number of nitrogens with two attached hydrogens (primary N) is 1. The molecule has 0 heterocycles. The molecule has 0 saturated carbocycles. The number of anilines is 2. The summed E-state index contributed by atoms with van der Waals surface area (Å²) in [4.78, 5) is 12.2. The summed E-state index contributed by atoms with van der Waals surface area (Å²) in [6.07, 6.45) is 1.23. The van der Waals surface area contributed by atoms with Crippen LogP contribution in [0, 0.1) is 0 Å². The average Bonchev–Trinajstić information content (AvgIpc) is 2.49. The fourth-order valence-corrected chi connectivity index (χ4v) is 2.07. The number of nitrogen functional groups attached to an aromatic ring is 1. The molecule has 0 bridgehead atoms. The van der Waals surface area contributed by atoms with Crippen molar-refractivity contribution in [3.05, 3.63) is 53.6 Å². The van der Waals surface area contributed by atoms with E-state index in [2.05, 4.69) is 11.1 Å². The maximum absolute atomic E-state index is 12.2. The number of hydrogen-bond acceptors (Lipinski definition) is 3. The topological polar surface area (TPSA) is 103 Å². The smallest absolute Gasteiger partial charge is 0.255 e. The van der Waals surface area contributed by atoms with Gasteiger partial charge in [-0.25, -0.2) is 0 Å². The lowest BCUT2D eigenvalue weighted by Gasteiger charge is -2.08. The predicted molar refractivity (Wildman–Crippen MR) is 87.8 cm³/mol. The summed E-state index contributed by atoms with van der Waals surface area (Å²) >= 11 is 0. The van der Waals surface area contributed by atoms with Crippen LogP contribution in [0.5, 0.6) is 0 Å². The van der Waals surface area contributed by atoms with Crippen molar-refractivity contribution in [2.24, 2.45) is 0 Å². The number of aliphatic hydroxyl groups excluding tert-OH is 1. The third kappa shape index (κ3) is 4.31. The van der Waals surface area contributed by atoms with E-state index in [0.29, 0.717) is 16.9 Å². The molecule has 1 unspecified atom stereocenters. The Morgan fingerprint density at radius 2 is 1.95 bits per heavy atom. The van der Waals surface area contributed by atoms with Crippen LogP contribution < -0.4 is 16.8 Å². The van der Waals surface area contributed by atoms with Gasteiger partial charge < -0.3 is 21.9 Å². The van der Waals surface area contributed by atoms with Gasteiger partial charge in [-0.2, -0.15) is 0 Å². The van der Waals surface area contributed by atoms with Gasteiger partial charge in [0, 0.05) is 17.3 Å². The van der Waals surface area contributed by atoms with E-state index in [1.165, 1.54) is 0 Å². The first-order valence-corrected chi connectivity index (χ1v) is 7.25. The monoisotopic (exact) mass is 300 g/mol. The Morgan fingerprint density at radius 3 is 2.55 bits per heavy atom. The number of amides is 1. The minimum absolute atomic E-state index is 0.205. The lowest BCUT2D eigenvalue weighted by molar-refractivity contribution is -0.253. The molecular formula is C17H22N3O2+. The summed E-state index contributed by atoms with van der Waals surface area (Å²) in [5.41, 5.74) is 13.1. The molecule has 0 aromatic heterocycles. The van der Waals surface area contributed by atoms with Gasteiger partial charge in [0.15, 0.2) is 5.69 Å². The number of rotatable bonds is 5. The number of carbonyl (C=O) groups is 1. The van der Waals surface area contributed by atoms with E-state index < -0.39 is 0 Å². The van der Waals surface area contributed by atoms with Gasteiger partial charge in [0.05, 0.1) is 11.8 Å². The van der Waals surface area contributed by atoms with Gasteiger partial charge in [0.25, 0.3) is 5.91 Å². The van der Waals surface area contributed by atoms with Gasteiger partial charge in [-0.1, -0.05) is 12.1 Å². The Labute approximate surface area is 129 Å². The number of nitrogens with one attached hydrogen (secondary N) is 1. The van der Waals surface area contributed by atoms with Crippen LogP contribution in [0.3, 0.4) is 0 Å². The number of hydrogen-bond donors (Lipinski definition) is 4. The van der Waals surface area contributed by atoms with Crippen molar-refractivity contribution in [2.75, 3.05) is 11.1 Å². The second kappa shape index (κ2) is 7.06. The van der Waals surface area contributed by atoms with Crippen LogP contribution in [-0.2, 0) is 6.42 Å². The van der Waals surface area contributed by atoms with E-state index in [1.807, 2.05) is 24.3 Å². The molecule has 0 saturated heterocycles. The third-order valence-corrected chi connectivity index (χ3v) is 3.47. The van der Waals surface area contributed by atoms with Crippen LogP contribution in [0.25, 0.3) is 0 Å². The molecule has 2 aromatic rings. The zero-order valence-corrected chi connectivity index (χ0v) is 12.7. The molecule has 0 aliphatic carbocycles. The summed E-state index contributed by atoms with van der Waals surface area (Å²) in [5.74, 6) is -0.205. The van der Waals surface area contributed by atoms with E-state index in [-0.39, 0.29) is 12.0 Å². The molecule has 5 heteroatoms. The molecule has 0 radical (unpaired) electrons. The molecule has 2 rings (SSSR count). The van der Waals surface area contributed by atoms with E-state index in [4.69, 9.17) is 5.73 Å². The Balaban J connectivity index is 2.00. The standard InChI is InChI=1S/C17H21N3O2/c1-11(21)2-3-12-4-7-14(8-5-12)20-17(22)13-6-9-15(18)16(19)10-13/h4-11,21H,2-3,18-19H2,1H3,(H,20,22)/p+1. The minimum Gasteiger partial charge on any atom is -0.394 e. The van der Waals surface area contributed by atoms with Crippen LogP contribution >= 0.6 is 0 Å². The fraction of sp³-hybridized carbons (Fsp3) is 0.235. The van der Waals surface area contributed by atoms with Crippen molar-refractivity contribution in [3.63, 3.8) is 0 Å². The van der Waals surface area contributed by atoms with Gasteiger partial charge in [-0.05, 0) is 49.6 Å². The molecule has 1 atom stereocenters. The highest BCUT2D eigenvalue weighted by Crippen LogP contribution is 2.17. The zero-order chi connectivity index (χ0) is 16.1. The van der Waals surface area contributed by atoms with E-state index in [1.54, 1.807) is 25.1 Å². The van der Waals surface area contributed by atoms with Crippen molar-refractivity contribution < 1.29 is 15.6 Å². The molecule has 2 aromatic carbocycles. The molecule has 22 heavy (non-hydrogen) atoms. The molecule has 0 spiro atoms. The van der Waals surface area contributed by atoms with E-state index in [0.717, 1.165) is 24.1 Å². The molecule has 0 aliphatic rings. The van der Waals surface area contributed by atoms with Gasteiger partial charge in [-0.3, -0.25) is 4.79 Å². The van der Waals surface area contributed by atoms with Crippen molar-refractivity contribution in [3.8, 4) is 0 Å². The first kappa shape index (κ1) is 16.0. The Hall–Kier alpha value is -2.37. The lowest BCUT2D eigenvalue weighted by Crippen LogP contribution is -2.41. The third-order valence-electron chi connectivity index (χ3n) is 3.47. The summed E-state index contributed by atoms with van der Waals surface area (Å²) in [7, 11) is 0. The SMILES string of the molecule is CC(O)CCc1ccc(NC(=O)c2ccc([NH3+])c(N)c2)cc1. The Morgan fingerprint density at radius 1 is 1.27 bits per heavy atom. The highest BCUT2D eigenvalue weighted by molar-refractivity contribution is 6.05. The molecule has 116 valence electrons. The molecule has 7 N–H and O–H groups in total. The maximum Gasteiger partial charge on any atom is 0.255 e. The number of benzene rings is 2. The van der Waals surface area contributed by atoms with Crippen LogP contribution in [-0.4, -0.2) is 17.1 Å². The van der Waals surface area contributed by atoms with Gasteiger partial charge in [0.2, 0.25) is 0 Å². The van der Waals surface area contributed by atoms with Crippen molar-refractivity contribution in [1.29, 1.82) is 0 Å². The van der Waals surface area contributed by atoms with Gasteiger partial charge in [0.1, 0.15) is 0 Å². The number of aliphatic hydroxyl groups is 1. The van der Waals surface area contributed by atoms with E-state index >= 15 is 0 Å². The van der Waals surface area contributed by atoms with Crippen molar-refractivity contribution in [2.45, 2.75) is 25.9 Å². The van der Waals surface area contributed by atoms with Crippen LogP contribution in [0.4, 0.5) is 17.1 Å². The minimum atomic E-state index is -0.305. The van der Waals surface area contributed by atoms with Crippen LogP contribution in [0.15, 0.2) is 42.5 Å². The zero-order valence-electron chi connectivity index (χ0n) is 12.7. The summed E-state index contributed by atoms with van der Waals surface area (Å²) in [6.45, 7) is 1.78. The molecular weight excluding hydrogens is 278 g/mol. The highest BCUT2D eigenvalue weighted by Gasteiger charge is 2.09. The molecule has 0 aliphatic heterocycles.